The minimum atomic E-state index is -1.05. The number of hydrogen-bond acceptors (Lipinski definition) is 14. The minimum absolute atomic E-state index is 0.142. The smallest absolute Gasteiger partial charge is 0.329 e. The molecular weight excluding hydrogens is 761 g/mol. The molecule has 0 aliphatic carbocycles. The van der Waals surface area contributed by atoms with E-state index in [4.69, 9.17) is 36.5 Å². The van der Waals surface area contributed by atoms with Crippen LogP contribution in [0.1, 0.15) is 30.7 Å². The number of carbonyl (C=O) groups is 5. The Morgan fingerprint density at radius 2 is 1.55 bits per heavy atom. The van der Waals surface area contributed by atoms with Crippen LogP contribution in [-0.4, -0.2) is 140 Å². The van der Waals surface area contributed by atoms with Crippen molar-refractivity contribution in [2.75, 3.05) is 70.8 Å². The van der Waals surface area contributed by atoms with Crippen LogP contribution in [0.4, 0.5) is 5.69 Å². The van der Waals surface area contributed by atoms with Gasteiger partial charge >= 0.3 is 5.97 Å². The third-order valence-electron chi connectivity index (χ3n) is 7.51. The zero-order chi connectivity index (χ0) is 40.2. The maximum atomic E-state index is 13.5. The fourth-order valence-electron chi connectivity index (χ4n) is 4.84. The van der Waals surface area contributed by atoms with Gasteiger partial charge in [-0.1, -0.05) is 0 Å². The summed E-state index contributed by atoms with van der Waals surface area (Å²) >= 11 is 2.61. The molecule has 13 N–H and O–H groups in total. The number of rotatable bonds is 25. The van der Waals surface area contributed by atoms with E-state index < -0.39 is 54.3 Å². The van der Waals surface area contributed by atoms with Crippen LogP contribution < -0.4 is 43.4 Å². The van der Waals surface area contributed by atoms with Crippen molar-refractivity contribution in [2.45, 2.75) is 43.8 Å². The number of aliphatic carboxylic acids is 1. The molecule has 2 aromatic rings. The summed E-state index contributed by atoms with van der Waals surface area (Å²) in [6.07, 6.45) is 1.000. The van der Waals surface area contributed by atoms with Crippen molar-refractivity contribution in [3.8, 4) is 0 Å². The van der Waals surface area contributed by atoms with Gasteiger partial charge in [0.15, 0.2) is 18.0 Å². The van der Waals surface area contributed by atoms with E-state index in [1.165, 1.54) is 23.1 Å². The zero-order valence-electron chi connectivity index (χ0n) is 30.2. The summed E-state index contributed by atoms with van der Waals surface area (Å²) in [5, 5.41) is 40.9. The van der Waals surface area contributed by atoms with Crippen molar-refractivity contribution in [1.82, 2.24) is 31.6 Å². The summed E-state index contributed by atoms with van der Waals surface area (Å²) < 4.78 is 16.2. The van der Waals surface area contributed by atoms with Crippen molar-refractivity contribution in [2.24, 2.45) is 16.5 Å². The number of ether oxygens (including phenoxy) is 3. The Hall–Kier alpha value is -5.10. The molecule has 2 heterocycles. The molecule has 0 saturated heterocycles. The Labute approximate surface area is 324 Å². The van der Waals surface area contributed by atoms with E-state index in [2.05, 4.69) is 41.9 Å². The van der Waals surface area contributed by atoms with Gasteiger partial charge in [-0.2, -0.15) is 0 Å². The summed E-state index contributed by atoms with van der Waals surface area (Å²) in [6, 6.07) is 2.13. The van der Waals surface area contributed by atoms with Crippen LogP contribution in [0.15, 0.2) is 23.2 Å². The number of amides is 4. The van der Waals surface area contributed by atoms with Crippen molar-refractivity contribution >= 4 is 85.6 Å². The lowest BCUT2D eigenvalue weighted by atomic mass is 10.1. The van der Waals surface area contributed by atoms with Gasteiger partial charge in [0.2, 0.25) is 23.6 Å². The van der Waals surface area contributed by atoms with Crippen LogP contribution in [0.2, 0.25) is 0 Å². The maximum Gasteiger partial charge on any atom is 0.329 e. The molecular formula is C32H48N12O9S2. The van der Waals surface area contributed by atoms with Crippen LogP contribution in [0.3, 0.4) is 0 Å². The average Bonchev–Trinajstić information content (AvgIpc) is 3.80. The highest BCUT2D eigenvalue weighted by atomic mass is 32.2. The first-order chi connectivity index (χ1) is 26.4. The third kappa shape index (κ3) is 16.4. The quantitative estimate of drug-likeness (QED) is 0.0308. The molecule has 55 heavy (non-hydrogen) atoms. The number of carboxylic acids is 1. The second-order valence-electron chi connectivity index (χ2n) is 11.9. The van der Waals surface area contributed by atoms with E-state index in [9.17, 15) is 29.1 Å². The van der Waals surface area contributed by atoms with Crippen molar-refractivity contribution in [3.63, 3.8) is 0 Å². The Kier molecular flexibility index (Phi) is 19.0. The predicted octanol–water partition coefficient (Wildman–Crippen LogP) is -1.53. The number of aliphatic imine (C=N–C) groups is 1. The van der Waals surface area contributed by atoms with E-state index in [0.29, 0.717) is 53.1 Å². The van der Waals surface area contributed by atoms with Gasteiger partial charge < -0.3 is 62.7 Å². The van der Waals surface area contributed by atoms with Crippen molar-refractivity contribution in [3.05, 3.63) is 23.2 Å². The molecule has 0 unspecified atom stereocenters. The highest BCUT2D eigenvalue weighted by Gasteiger charge is 2.27. The molecule has 0 fully saturated rings. The summed E-state index contributed by atoms with van der Waals surface area (Å²) in [5.74, 6) is -3.62. The molecule has 0 bridgehead atoms. The topological polar surface area (TPSA) is 330 Å². The number of methoxy groups -OCH3 is 1. The lowest BCUT2D eigenvalue weighted by molar-refractivity contribution is -0.137. The molecule has 1 aliphatic rings. The first-order valence-electron chi connectivity index (χ1n) is 17.2. The minimum Gasteiger partial charge on any atom is -0.480 e. The Morgan fingerprint density at radius 3 is 2.18 bits per heavy atom. The molecule has 3 rings (SSSR count). The molecule has 4 amide bonds. The standard InChI is InChI=1S/C32H48N12O9S2/c1-51-10-11-52-12-13-53-16-25(46)42-20(4-2-8-37-31(33)34)26(47)39-15-24(45)41-21(5-3-9-38-32(35)36)27(48)40-18-6-7-19-23(14-18)55-29(43-19)28-44-22(17-54-28)30(49)50/h6-7,14,20-22H,2-5,8-13,15-17H2,1H3,(H,39,47)(H,40,48)(H,41,45)(H,42,46)(H,49,50)(H4,33,34,37)(H4,35,36,38)/t20-,21+,22-/m1/s1. The normalized spacial score (nSPS) is 14.6. The number of thioether (sulfide) groups is 1. The Balaban J connectivity index is 1.60. The molecule has 1 aromatic carbocycles. The number of hydrogen-bond donors (Lipinski definition) is 11. The van der Waals surface area contributed by atoms with Crippen LogP contribution in [0.5, 0.6) is 0 Å². The van der Waals surface area contributed by atoms with E-state index >= 15 is 0 Å². The SMILES string of the molecule is COCCOCCOCC(=O)N[C@H](CCCNC(=N)N)C(=O)NCC(=O)N[C@@H](CCCNC(=N)N)C(=O)Nc1ccc2nc(C3=N[C@@H](C(=O)O)CS3)sc2c1. The highest BCUT2D eigenvalue weighted by molar-refractivity contribution is 8.15. The summed E-state index contributed by atoms with van der Waals surface area (Å²) in [5.41, 5.74) is 11.8. The largest absolute Gasteiger partial charge is 0.480 e. The summed E-state index contributed by atoms with van der Waals surface area (Å²) in [6.45, 7) is 0.856. The Morgan fingerprint density at radius 1 is 0.909 bits per heavy atom. The number of benzene rings is 1. The highest BCUT2D eigenvalue weighted by Crippen LogP contribution is 2.31. The van der Waals surface area contributed by atoms with E-state index in [1.54, 1.807) is 25.3 Å². The summed E-state index contributed by atoms with van der Waals surface area (Å²) in [4.78, 5) is 72.3. The zero-order valence-corrected chi connectivity index (χ0v) is 31.9. The molecule has 3 atom stereocenters. The van der Waals surface area contributed by atoms with Crippen LogP contribution in [0.25, 0.3) is 10.2 Å². The third-order valence-corrected chi connectivity index (χ3v) is 9.72. The van der Waals surface area contributed by atoms with Crippen molar-refractivity contribution in [1.29, 1.82) is 10.8 Å². The predicted molar refractivity (Wildman–Crippen MR) is 207 cm³/mol. The Bertz CT molecular complexity index is 1690. The summed E-state index contributed by atoms with van der Waals surface area (Å²) in [7, 11) is 1.55. The second-order valence-corrected chi connectivity index (χ2v) is 13.9. The van der Waals surface area contributed by atoms with Crippen LogP contribution in [0, 0.1) is 10.8 Å². The lowest BCUT2D eigenvalue weighted by Gasteiger charge is -2.21. The molecule has 1 aliphatic heterocycles. The van der Waals surface area contributed by atoms with E-state index in [1.807, 2.05) is 0 Å². The van der Waals surface area contributed by atoms with Gasteiger partial charge in [0.25, 0.3) is 0 Å². The fraction of sp³-hybridized carbons (Fsp3) is 0.531. The number of carboxylic acid groups (broad SMARTS) is 1. The number of fused-ring (bicyclic) bond motifs is 1. The number of aromatic nitrogens is 1. The van der Waals surface area contributed by atoms with E-state index in [0.717, 1.165) is 4.70 Å². The second kappa shape index (κ2) is 23.6. The first-order valence-corrected chi connectivity index (χ1v) is 19.0. The maximum absolute atomic E-state index is 13.5. The van der Waals surface area contributed by atoms with Gasteiger partial charge in [0, 0.05) is 31.6 Å². The molecule has 0 spiro atoms. The number of nitrogens with two attached hydrogens (primary N) is 2. The van der Waals surface area contributed by atoms with Crippen LogP contribution in [-0.2, 0) is 38.2 Å². The van der Waals surface area contributed by atoms with Crippen molar-refractivity contribution < 1.29 is 43.3 Å². The number of anilines is 1. The number of guanidine groups is 2. The van der Waals surface area contributed by atoms with Gasteiger partial charge in [0.1, 0.15) is 28.7 Å². The number of carbonyl (C=O) groups excluding carboxylic acids is 4. The molecule has 21 nitrogen and oxygen atoms in total. The van der Waals surface area contributed by atoms with Gasteiger partial charge in [-0.3, -0.25) is 35.0 Å². The molecule has 302 valence electrons. The lowest BCUT2D eigenvalue weighted by Crippen LogP contribution is -2.52. The van der Waals surface area contributed by atoms with Gasteiger partial charge in [0.05, 0.1) is 43.2 Å². The molecule has 23 heteroatoms. The number of nitrogens with one attached hydrogen (secondary N) is 8. The number of thiazole rings is 1. The van der Waals surface area contributed by atoms with Gasteiger partial charge in [-0.05, 0) is 43.9 Å². The number of nitrogens with zero attached hydrogens (tertiary/aromatic N) is 2. The average molecular weight is 809 g/mol. The van der Waals surface area contributed by atoms with Gasteiger partial charge in [-0.15, -0.1) is 23.1 Å². The van der Waals surface area contributed by atoms with Crippen LogP contribution >= 0.6 is 23.1 Å². The molecule has 0 radical (unpaired) electrons. The van der Waals surface area contributed by atoms with E-state index in [-0.39, 0.29) is 57.7 Å². The first kappa shape index (κ1) is 44.3. The molecule has 1 aromatic heterocycles. The fourth-order valence-corrected chi connectivity index (χ4v) is 6.94. The monoisotopic (exact) mass is 808 g/mol. The molecule has 0 saturated carbocycles. The van der Waals surface area contributed by atoms with Gasteiger partial charge in [-0.25, -0.2) is 9.78 Å².